The molecule has 0 radical (unpaired) electrons. The first-order valence-electron chi connectivity index (χ1n) is 5.52. The Bertz CT molecular complexity index is 281. The number of nitrogens with one attached hydrogen (secondary N) is 1. The first-order valence-corrected chi connectivity index (χ1v) is 6.34. The van der Waals surface area contributed by atoms with Crippen LogP contribution >= 0.6 is 11.3 Å². The molecule has 1 rings (SSSR count). The highest BCUT2D eigenvalue weighted by molar-refractivity contribution is 7.15. The van der Waals surface area contributed by atoms with Crippen LogP contribution in [-0.4, -0.2) is 37.1 Å². The largest absolute Gasteiger partial charge is 0.379 e. The van der Waals surface area contributed by atoms with Gasteiger partial charge in [0.2, 0.25) is 5.13 Å². The monoisotopic (exact) mass is 245 g/mol. The van der Waals surface area contributed by atoms with Gasteiger partial charge in [0.15, 0.2) is 0 Å². The number of ether oxygens (including phenoxy) is 2. The quantitative estimate of drug-likeness (QED) is 0.674. The minimum absolute atomic E-state index is 0.510. The molecular weight excluding hydrogens is 226 g/mol. The summed E-state index contributed by atoms with van der Waals surface area (Å²) in [7, 11) is 1.83. The number of hydrogen-bond acceptors (Lipinski definition) is 6. The van der Waals surface area contributed by atoms with Gasteiger partial charge in [0.25, 0.3) is 0 Å². The van der Waals surface area contributed by atoms with E-state index in [9.17, 15) is 0 Å². The van der Waals surface area contributed by atoms with Crippen molar-refractivity contribution < 1.29 is 9.47 Å². The fourth-order valence-electron chi connectivity index (χ4n) is 1.04. The van der Waals surface area contributed by atoms with Gasteiger partial charge in [0.05, 0.1) is 13.2 Å². The highest BCUT2D eigenvalue weighted by atomic mass is 32.1. The Morgan fingerprint density at radius 2 is 2.00 bits per heavy atom. The highest BCUT2D eigenvalue weighted by Crippen LogP contribution is 2.14. The normalized spacial score (nSPS) is 10.6. The molecule has 1 N–H and O–H groups in total. The Hall–Kier alpha value is -0.720. The molecule has 0 saturated carbocycles. The molecule has 0 spiro atoms. The number of anilines is 1. The first-order chi connectivity index (χ1) is 7.86. The van der Waals surface area contributed by atoms with Crippen LogP contribution in [0.3, 0.4) is 0 Å². The van der Waals surface area contributed by atoms with Crippen LogP contribution in [-0.2, 0) is 16.1 Å². The van der Waals surface area contributed by atoms with E-state index >= 15 is 0 Å². The summed E-state index contributed by atoms with van der Waals surface area (Å²) in [5.41, 5.74) is 0. The molecule has 0 bridgehead atoms. The van der Waals surface area contributed by atoms with Crippen LogP contribution in [0.4, 0.5) is 5.13 Å². The standard InChI is InChI=1S/C10H19N3O2S/c1-3-4-5-14-6-7-15-8-9-12-13-10(11-2)16-9/h3-8H2,1-2H3,(H,11,13). The van der Waals surface area contributed by atoms with Crippen LogP contribution in [0.2, 0.25) is 0 Å². The maximum absolute atomic E-state index is 5.41. The van der Waals surface area contributed by atoms with Gasteiger partial charge in [-0.25, -0.2) is 0 Å². The van der Waals surface area contributed by atoms with E-state index in [1.807, 2.05) is 7.05 Å². The molecule has 1 aromatic heterocycles. The fraction of sp³-hybridized carbons (Fsp3) is 0.800. The average Bonchev–Trinajstić information content (AvgIpc) is 2.76. The van der Waals surface area contributed by atoms with Crippen molar-refractivity contribution in [3.63, 3.8) is 0 Å². The van der Waals surface area contributed by atoms with Gasteiger partial charge in [0, 0.05) is 13.7 Å². The summed E-state index contributed by atoms with van der Waals surface area (Å²) >= 11 is 1.51. The van der Waals surface area contributed by atoms with Crippen LogP contribution in [0.1, 0.15) is 24.8 Å². The maximum atomic E-state index is 5.41. The Labute approximate surface area is 100 Å². The smallest absolute Gasteiger partial charge is 0.205 e. The predicted octanol–water partition coefficient (Wildman–Crippen LogP) is 1.91. The van der Waals surface area contributed by atoms with E-state index < -0.39 is 0 Å². The third kappa shape index (κ3) is 5.39. The third-order valence-electron chi connectivity index (χ3n) is 1.92. The van der Waals surface area contributed by atoms with Crippen LogP contribution in [0.15, 0.2) is 0 Å². The molecule has 0 aliphatic heterocycles. The van der Waals surface area contributed by atoms with E-state index in [2.05, 4.69) is 22.4 Å². The number of aromatic nitrogens is 2. The Morgan fingerprint density at radius 3 is 2.69 bits per heavy atom. The lowest BCUT2D eigenvalue weighted by Crippen LogP contribution is -2.05. The van der Waals surface area contributed by atoms with Crippen molar-refractivity contribution >= 4 is 16.5 Å². The van der Waals surface area contributed by atoms with Gasteiger partial charge in [-0.2, -0.15) is 0 Å². The van der Waals surface area contributed by atoms with Crippen molar-refractivity contribution in [2.45, 2.75) is 26.4 Å². The SMILES string of the molecule is CCCCOCCOCc1nnc(NC)s1. The molecule has 1 heterocycles. The highest BCUT2D eigenvalue weighted by Gasteiger charge is 2.01. The molecule has 0 amide bonds. The molecule has 5 nitrogen and oxygen atoms in total. The summed E-state index contributed by atoms with van der Waals surface area (Å²) in [6, 6.07) is 0. The van der Waals surface area contributed by atoms with Gasteiger partial charge >= 0.3 is 0 Å². The van der Waals surface area contributed by atoms with Crippen LogP contribution < -0.4 is 5.32 Å². The summed E-state index contributed by atoms with van der Waals surface area (Å²) in [5, 5.41) is 12.5. The first kappa shape index (κ1) is 13.3. The van der Waals surface area contributed by atoms with Crippen LogP contribution in [0, 0.1) is 0 Å². The zero-order valence-corrected chi connectivity index (χ0v) is 10.7. The molecule has 0 saturated heterocycles. The molecule has 0 aliphatic rings. The number of hydrogen-bond donors (Lipinski definition) is 1. The van der Waals surface area contributed by atoms with Gasteiger partial charge in [0.1, 0.15) is 11.6 Å². The molecule has 0 aromatic carbocycles. The van der Waals surface area contributed by atoms with Crippen molar-refractivity contribution in [2.24, 2.45) is 0 Å². The van der Waals surface area contributed by atoms with Gasteiger partial charge in [-0.05, 0) is 6.42 Å². The lowest BCUT2D eigenvalue weighted by atomic mass is 10.4. The van der Waals surface area contributed by atoms with E-state index in [4.69, 9.17) is 9.47 Å². The van der Waals surface area contributed by atoms with Gasteiger partial charge in [-0.15, -0.1) is 10.2 Å². The number of rotatable bonds is 9. The van der Waals surface area contributed by atoms with E-state index in [-0.39, 0.29) is 0 Å². The predicted molar refractivity (Wildman–Crippen MR) is 64.8 cm³/mol. The molecule has 0 atom stereocenters. The summed E-state index contributed by atoms with van der Waals surface area (Å²) in [5.74, 6) is 0. The van der Waals surface area contributed by atoms with E-state index in [0.29, 0.717) is 19.8 Å². The Balaban J connectivity index is 1.98. The van der Waals surface area contributed by atoms with Crippen molar-refractivity contribution in [1.29, 1.82) is 0 Å². The molecule has 0 fully saturated rings. The van der Waals surface area contributed by atoms with E-state index in [0.717, 1.165) is 23.2 Å². The fourth-order valence-corrected chi connectivity index (χ4v) is 1.67. The van der Waals surface area contributed by atoms with Crippen LogP contribution in [0.25, 0.3) is 0 Å². The lowest BCUT2D eigenvalue weighted by Gasteiger charge is -2.03. The number of unbranched alkanes of at least 4 members (excludes halogenated alkanes) is 1. The van der Waals surface area contributed by atoms with Crippen molar-refractivity contribution in [3.05, 3.63) is 5.01 Å². The van der Waals surface area contributed by atoms with Crippen LogP contribution in [0.5, 0.6) is 0 Å². The molecular formula is C10H19N3O2S. The van der Waals surface area contributed by atoms with Gasteiger partial charge in [-0.1, -0.05) is 24.7 Å². The van der Waals surface area contributed by atoms with E-state index in [1.54, 1.807) is 0 Å². The third-order valence-corrected chi connectivity index (χ3v) is 2.83. The molecule has 0 unspecified atom stereocenters. The summed E-state index contributed by atoms with van der Waals surface area (Å²) in [4.78, 5) is 0. The average molecular weight is 245 g/mol. The second-order valence-electron chi connectivity index (χ2n) is 3.27. The zero-order valence-electron chi connectivity index (χ0n) is 9.86. The van der Waals surface area contributed by atoms with Crippen molar-refractivity contribution in [3.8, 4) is 0 Å². The molecule has 1 aromatic rings. The minimum Gasteiger partial charge on any atom is -0.379 e. The summed E-state index contributed by atoms with van der Waals surface area (Å²) in [6.45, 7) is 4.74. The van der Waals surface area contributed by atoms with E-state index in [1.165, 1.54) is 17.8 Å². The topological polar surface area (TPSA) is 56.3 Å². The Morgan fingerprint density at radius 1 is 1.19 bits per heavy atom. The maximum Gasteiger partial charge on any atom is 0.205 e. The second-order valence-corrected chi connectivity index (χ2v) is 4.33. The Kier molecular flexibility index (Phi) is 7.03. The molecule has 6 heteroatoms. The van der Waals surface area contributed by atoms with Gasteiger partial charge in [-0.3, -0.25) is 0 Å². The zero-order chi connectivity index (χ0) is 11.6. The lowest BCUT2D eigenvalue weighted by molar-refractivity contribution is 0.0394. The molecule has 0 aliphatic carbocycles. The molecule has 92 valence electrons. The summed E-state index contributed by atoms with van der Waals surface area (Å²) < 4.78 is 10.8. The van der Waals surface area contributed by atoms with Gasteiger partial charge < -0.3 is 14.8 Å². The summed E-state index contributed by atoms with van der Waals surface area (Å²) in [6.07, 6.45) is 2.28. The van der Waals surface area contributed by atoms with Crippen molar-refractivity contribution in [2.75, 3.05) is 32.2 Å². The molecule has 16 heavy (non-hydrogen) atoms. The minimum atomic E-state index is 0.510. The number of nitrogens with zero attached hydrogens (tertiary/aromatic N) is 2. The second kappa shape index (κ2) is 8.43. The van der Waals surface area contributed by atoms with Crippen molar-refractivity contribution in [1.82, 2.24) is 10.2 Å².